The summed E-state index contributed by atoms with van der Waals surface area (Å²) in [6.07, 6.45) is 8.87. The van der Waals surface area contributed by atoms with Crippen LogP contribution in [0.3, 0.4) is 0 Å². The number of rotatable bonds is 3. The van der Waals surface area contributed by atoms with Crippen LogP contribution in [-0.2, 0) is 0 Å². The third-order valence-corrected chi connectivity index (χ3v) is 4.46. The van der Waals surface area contributed by atoms with E-state index in [-0.39, 0.29) is 0 Å². The molecule has 0 bridgehead atoms. The van der Waals surface area contributed by atoms with Crippen molar-refractivity contribution >= 4 is 0 Å². The molecular weight excluding hydrogens is 222 g/mol. The Morgan fingerprint density at radius 3 is 2.89 bits per heavy atom. The minimum atomic E-state index is 0.625. The average Bonchev–Trinajstić information content (AvgIpc) is 2.34. The quantitative estimate of drug-likeness (QED) is 0.820. The molecule has 3 heteroatoms. The molecule has 1 aromatic heterocycles. The molecule has 3 nitrogen and oxygen atoms in total. The summed E-state index contributed by atoms with van der Waals surface area (Å²) in [6.45, 7) is 5.79. The molecule has 18 heavy (non-hydrogen) atoms. The number of aryl methyl sites for hydroxylation is 1. The molecule has 1 aromatic rings. The number of piperidine rings is 1. The van der Waals surface area contributed by atoms with Gasteiger partial charge in [-0.1, -0.05) is 6.42 Å². The summed E-state index contributed by atoms with van der Waals surface area (Å²) in [5, 5.41) is 0. The van der Waals surface area contributed by atoms with E-state index in [2.05, 4.69) is 20.9 Å². The van der Waals surface area contributed by atoms with E-state index in [0.717, 1.165) is 11.7 Å². The van der Waals surface area contributed by atoms with Crippen molar-refractivity contribution in [1.29, 1.82) is 0 Å². The third-order valence-electron chi connectivity index (χ3n) is 4.46. The summed E-state index contributed by atoms with van der Waals surface area (Å²) in [6, 6.07) is 2.10. The lowest BCUT2D eigenvalue weighted by molar-refractivity contribution is 0.143. The highest BCUT2D eigenvalue weighted by atomic mass is 15.1. The van der Waals surface area contributed by atoms with Gasteiger partial charge in [0.25, 0.3) is 0 Å². The molecule has 1 atom stereocenters. The molecule has 2 fully saturated rings. The smallest absolute Gasteiger partial charge is 0.125 e. The van der Waals surface area contributed by atoms with Crippen LogP contribution in [0.25, 0.3) is 0 Å². The van der Waals surface area contributed by atoms with E-state index in [1.165, 1.54) is 57.4 Å². The van der Waals surface area contributed by atoms with E-state index in [1.54, 1.807) is 0 Å². The largest absolute Gasteiger partial charge is 0.302 e. The molecule has 1 saturated heterocycles. The van der Waals surface area contributed by atoms with Crippen LogP contribution in [-0.4, -0.2) is 34.5 Å². The first-order valence-electron chi connectivity index (χ1n) is 7.33. The maximum atomic E-state index is 4.61. The second kappa shape index (κ2) is 5.35. The molecular formula is C15H23N3. The van der Waals surface area contributed by atoms with Gasteiger partial charge in [-0.25, -0.2) is 9.97 Å². The SMILES string of the molecule is Cc1nccc(C2CCCN(CC3CCC3)C2)n1. The Morgan fingerprint density at radius 2 is 2.17 bits per heavy atom. The number of aromatic nitrogens is 2. The van der Waals surface area contributed by atoms with Crippen LogP contribution in [0.15, 0.2) is 12.3 Å². The zero-order chi connectivity index (χ0) is 12.4. The van der Waals surface area contributed by atoms with Gasteiger partial charge in [-0.15, -0.1) is 0 Å². The lowest BCUT2D eigenvalue weighted by atomic mass is 9.84. The van der Waals surface area contributed by atoms with Gasteiger partial charge >= 0.3 is 0 Å². The maximum absolute atomic E-state index is 4.61. The molecule has 1 unspecified atom stereocenters. The van der Waals surface area contributed by atoms with Gasteiger partial charge in [-0.3, -0.25) is 0 Å². The van der Waals surface area contributed by atoms with Crippen LogP contribution < -0.4 is 0 Å². The van der Waals surface area contributed by atoms with E-state index in [0.29, 0.717) is 5.92 Å². The summed E-state index contributed by atoms with van der Waals surface area (Å²) in [5.74, 6) is 2.51. The van der Waals surface area contributed by atoms with Crippen LogP contribution in [0.2, 0.25) is 0 Å². The predicted molar refractivity (Wildman–Crippen MR) is 72.5 cm³/mol. The highest BCUT2D eigenvalue weighted by Gasteiger charge is 2.26. The van der Waals surface area contributed by atoms with Crippen molar-refractivity contribution in [2.24, 2.45) is 5.92 Å². The Balaban J connectivity index is 1.62. The van der Waals surface area contributed by atoms with Crippen LogP contribution in [0.4, 0.5) is 0 Å². The topological polar surface area (TPSA) is 29.0 Å². The van der Waals surface area contributed by atoms with Crippen molar-refractivity contribution in [2.75, 3.05) is 19.6 Å². The molecule has 0 amide bonds. The second-order valence-corrected chi connectivity index (χ2v) is 5.92. The van der Waals surface area contributed by atoms with Gasteiger partial charge in [0.05, 0.1) is 0 Å². The zero-order valence-corrected chi connectivity index (χ0v) is 11.3. The Bertz CT molecular complexity index is 400. The Morgan fingerprint density at radius 1 is 1.28 bits per heavy atom. The highest BCUT2D eigenvalue weighted by molar-refractivity contribution is 5.10. The van der Waals surface area contributed by atoms with E-state index >= 15 is 0 Å². The normalized spacial score (nSPS) is 25.9. The first kappa shape index (κ1) is 12.1. The number of likely N-dealkylation sites (tertiary alicyclic amines) is 1. The van der Waals surface area contributed by atoms with E-state index in [9.17, 15) is 0 Å². The van der Waals surface area contributed by atoms with E-state index < -0.39 is 0 Å². The van der Waals surface area contributed by atoms with Gasteiger partial charge in [-0.05, 0) is 51.1 Å². The predicted octanol–water partition coefficient (Wildman–Crippen LogP) is 2.76. The highest BCUT2D eigenvalue weighted by Crippen LogP contribution is 2.30. The van der Waals surface area contributed by atoms with Crippen molar-refractivity contribution in [1.82, 2.24) is 14.9 Å². The Hall–Kier alpha value is -0.960. The maximum Gasteiger partial charge on any atom is 0.125 e. The molecule has 0 spiro atoms. The number of hydrogen-bond acceptors (Lipinski definition) is 3. The fourth-order valence-electron chi connectivity index (χ4n) is 3.21. The summed E-state index contributed by atoms with van der Waals surface area (Å²) >= 11 is 0. The molecule has 1 saturated carbocycles. The zero-order valence-electron chi connectivity index (χ0n) is 11.3. The lowest BCUT2D eigenvalue weighted by Gasteiger charge is -2.37. The van der Waals surface area contributed by atoms with Gasteiger partial charge in [0.1, 0.15) is 5.82 Å². The minimum Gasteiger partial charge on any atom is -0.302 e. The van der Waals surface area contributed by atoms with Gasteiger partial charge in [0.2, 0.25) is 0 Å². The molecule has 2 heterocycles. The fourth-order valence-corrected chi connectivity index (χ4v) is 3.21. The van der Waals surface area contributed by atoms with Crippen molar-refractivity contribution in [3.63, 3.8) is 0 Å². The Kier molecular flexibility index (Phi) is 3.59. The fraction of sp³-hybridized carbons (Fsp3) is 0.733. The summed E-state index contributed by atoms with van der Waals surface area (Å²) < 4.78 is 0. The van der Waals surface area contributed by atoms with Crippen LogP contribution in [0.1, 0.15) is 49.5 Å². The first-order valence-corrected chi connectivity index (χ1v) is 7.33. The van der Waals surface area contributed by atoms with E-state index in [4.69, 9.17) is 0 Å². The van der Waals surface area contributed by atoms with Gasteiger partial charge in [-0.2, -0.15) is 0 Å². The summed E-state index contributed by atoms with van der Waals surface area (Å²) in [7, 11) is 0. The number of nitrogens with zero attached hydrogens (tertiary/aromatic N) is 3. The molecule has 0 N–H and O–H groups in total. The molecule has 1 aliphatic heterocycles. The molecule has 2 aliphatic rings. The van der Waals surface area contributed by atoms with Crippen molar-refractivity contribution < 1.29 is 0 Å². The standard InChI is InChI=1S/C15H23N3/c1-12-16-8-7-15(17-12)14-6-3-9-18(11-14)10-13-4-2-5-13/h7-8,13-14H,2-6,9-11H2,1H3. The van der Waals surface area contributed by atoms with Crippen LogP contribution in [0, 0.1) is 12.8 Å². The molecule has 98 valence electrons. The second-order valence-electron chi connectivity index (χ2n) is 5.92. The average molecular weight is 245 g/mol. The van der Waals surface area contributed by atoms with Gasteiger partial charge in [0, 0.05) is 30.9 Å². The monoisotopic (exact) mass is 245 g/mol. The van der Waals surface area contributed by atoms with Gasteiger partial charge in [0.15, 0.2) is 0 Å². The van der Waals surface area contributed by atoms with Crippen LogP contribution >= 0.6 is 0 Å². The third kappa shape index (κ3) is 2.72. The molecule has 3 rings (SSSR count). The molecule has 0 radical (unpaired) electrons. The Labute approximate surface area is 110 Å². The first-order chi connectivity index (χ1) is 8.81. The van der Waals surface area contributed by atoms with Gasteiger partial charge < -0.3 is 4.90 Å². The lowest BCUT2D eigenvalue weighted by Crippen LogP contribution is -2.39. The molecule has 1 aliphatic carbocycles. The van der Waals surface area contributed by atoms with Crippen molar-refractivity contribution in [2.45, 2.75) is 44.9 Å². The van der Waals surface area contributed by atoms with Crippen molar-refractivity contribution in [3.05, 3.63) is 23.8 Å². The molecule has 0 aromatic carbocycles. The van der Waals surface area contributed by atoms with Crippen molar-refractivity contribution in [3.8, 4) is 0 Å². The number of hydrogen-bond donors (Lipinski definition) is 0. The summed E-state index contributed by atoms with van der Waals surface area (Å²) in [4.78, 5) is 11.5. The minimum absolute atomic E-state index is 0.625. The van der Waals surface area contributed by atoms with Crippen LogP contribution in [0.5, 0.6) is 0 Å². The van der Waals surface area contributed by atoms with E-state index in [1.807, 2.05) is 13.1 Å². The summed E-state index contributed by atoms with van der Waals surface area (Å²) in [5.41, 5.74) is 1.25.